The molecular formula is C11H19N5O3. The van der Waals surface area contributed by atoms with Crippen LogP contribution in [0.3, 0.4) is 0 Å². The van der Waals surface area contributed by atoms with Gasteiger partial charge < -0.3 is 20.7 Å². The number of amides is 2. The Labute approximate surface area is 111 Å². The molecule has 0 aromatic carbocycles. The zero-order chi connectivity index (χ0) is 14.1. The van der Waals surface area contributed by atoms with Gasteiger partial charge in [0.15, 0.2) is 0 Å². The van der Waals surface area contributed by atoms with Crippen LogP contribution in [0.25, 0.3) is 0 Å². The zero-order valence-corrected chi connectivity index (χ0v) is 11.1. The van der Waals surface area contributed by atoms with Crippen LogP contribution in [-0.2, 0) is 20.9 Å². The van der Waals surface area contributed by atoms with Gasteiger partial charge in [0.05, 0.1) is 25.0 Å². The van der Waals surface area contributed by atoms with E-state index < -0.39 is 0 Å². The molecule has 0 saturated carbocycles. The van der Waals surface area contributed by atoms with E-state index in [0.29, 0.717) is 18.8 Å². The lowest BCUT2D eigenvalue weighted by molar-refractivity contribution is -0.121. The summed E-state index contributed by atoms with van der Waals surface area (Å²) in [6.07, 6.45) is 3.10. The smallest absolute Gasteiger partial charge is 0.241 e. The van der Waals surface area contributed by atoms with Gasteiger partial charge in [0.25, 0.3) is 0 Å². The summed E-state index contributed by atoms with van der Waals surface area (Å²) in [6, 6.07) is 0. The Balaban J connectivity index is 2.32. The molecule has 0 bridgehead atoms. The maximum atomic E-state index is 11.5. The average Bonchev–Trinajstić information content (AvgIpc) is 2.81. The van der Waals surface area contributed by atoms with Crippen molar-refractivity contribution in [2.75, 3.05) is 39.2 Å². The van der Waals surface area contributed by atoms with Gasteiger partial charge in [0.1, 0.15) is 6.54 Å². The molecule has 19 heavy (non-hydrogen) atoms. The van der Waals surface area contributed by atoms with E-state index in [1.165, 1.54) is 10.9 Å². The SMILES string of the molecule is CNC(=O)Cn1cc(NC(=O)CNCCOC)cn1. The molecule has 2 amide bonds. The summed E-state index contributed by atoms with van der Waals surface area (Å²) in [4.78, 5) is 22.7. The largest absolute Gasteiger partial charge is 0.383 e. The number of carbonyl (C=O) groups excluding carboxylic acids is 2. The summed E-state index contributed by atoms with van der Waals surface area (Å²) in [7, 11) is 3.16. The highest BCUT2D eigenvalue weighted by Gasteiger charge is 2.05. The highest BCUT2D eigenvalue weighted by atomic mass is 16.5. The van der Waals surface area contributed by atoms with Gasteiger partial charge in [-0.2, -0.15) is 5.10 Å². The molecule has 0 spiro atoms. The molecule has 0 aliphatic carbocycles. The van der Waals surface area contributed by atoms with Crippen molar-refractivity contribution < 1.29 is 14.3 Å². The van der Waals surface area contributed by atoms with Crippen LogP contribution in [0.15, 0.2) is 12.4 Å². The minimum absolute atomic E-state index is 0.123. The Bertz CT molecular complexity index is 418. The molecule has 1 rings (SSSR count). The Hall–Kier alpha value is -1.93. The fourth-order valence-corrected chi connectivity index (χ4v) is 1.32. The number of likely N-dealkylation sites (N-methyl/N-ethyl adjacent to an activating group) is 1. The molecule has 8 heteroatoms. The lowest BCUT2D eigenvalue weighted by Crippen LogP contribution is -2.30. The zero-order valence-electron chi connectivity index (χ0n) is 11.1. The van der Waals surface area contributed by atoms with Gasteiger partial charge in [-0.25, -0.2) is 0 Å². The maximum absolute atomic E-state index is 11.5. The third-order valence-corrected chi connectivity index (χ3v) is 2.27. The number of ether oxygens (including phenoxy) is 1. The van der Waals surface area contributed by atoms with Gasteiger partial charge in [-0.15, -0.1) is 0 Å². The van der Waals surface area contributed by atoms with E-state index in [2.05, 4.69) is 21.0 Å². The van der Waals surface area contributed by atoms with E-state index >= 15 is 0 Å². The molecule has 1 aromatic rings. The first-order chi connectivity index (χ1) is 9.15. The number of carbonyl (C=O) groups is 2. The number of nitrogens with zero attached hydrogens (tertiary/aromatic N) is 2. The van der Waals surface area contributed by atoms with Crippen molar-refractivity contribution in [3.8, 4) is 0 Å². The van der Waals surface area contributed by atoms with E-state index in [1.807, 2.05) is 0 Å². The molecule has 3 N–H and O–H groups in total. The van der Waals surface area contributed by atoms with Crippen molar-refractivity contribution in [2.24, 2.45) is 0 Å². The summed E-state index contributed by atoms with van der Waals surface area (Å²) in [5.41, 5.74) is 0.558. The first-order valence-electron chi connectivity index (χ1n) is 5.88. The van der Waals surface area contributed by atoms with Crippen LogP contribution in [0.5, 0.6) is 0 Å². The Morgan fingerprint density at radius 1 is 1.42 bits per heavy atom. The van der Waals surface area contributed by atoms with Crippen molar-refractivity contribution >= 4 is 17.5 Å². The van der Waals surface area contributed by atoms with Crippen LogP contribution >= 0.6 is 0 Å². The highest BCUT2D eigenvalue weighted by molar-refractivity contribution is 5.92. The molecule has 0 saturated heterocycles. The van der Waals surface area contributed by atoms with Gasteiger partial charge in [0, 0.05) is 26.9 Å². The predicted octanol–water partition coefficient (Wildman–Crippen LogP) is -1.20. The number of rotatable bonds is 8. The molecule has 1 heterocycles. The number of hydrogen-bond acceptors (Lipinski definition) is 5. The van der Waals surface area contributed by atoms with Crippen LogP contribution < -0.4 is 16.0 Å². The second-order valence-electron chi connectivity index (χ2n) is 3.82. The predicted molar refractivity (Wildman–Crippen MR) is 69.7 cm³/mol. The molecular weight excluding hydrogens is 250 g/mol. The van der Waals surface area contributed by atoms with Crippen LogP contribution in [0.4, 0.5) is 5.69 Å². The van der Waals surface area contributed by atoms with Gasteiger partial charge in [-0.1, -0.05) is 0 Å². The van der Waals surface area contributed by atoms with E-state index in [9.17, 15) is 9.59 Å². The maximum Gasteiger partial charge on any atom is 0.241 e. The second kappa shape index (κ2) is 8.22. The normalized spacial score (nSPS) is 10.2. The topological polar surface area (TPSA) is 97.3 Å². The van der Waals surface area contributed by atoms with E-state index in [-0.39, 0.29) is 24.9 Å². The lowest BCUT2D eigenvalue weighted by atomic mass is 10.5. The Morgan fingerprint density at radius 2 is 2.21 bits per heavy atom. The monoisotopic (exact) mass is 269 g/mol. The number of hydrogen-bond donors (Lipinski definition) is 3. The standard InChI is InChI=1S/C11H19N5O3/c1-12-11(18)8-16-7-9(5-14-16)15-10(17)6-13-3-4-19-2/h5,7,13H,3-4,6,8H2,1-2H3,(H,12,18)(H,15,17). The number of methoxy groups -OCH3 is 1. The summed E-state index contributed by atoms with van der Waals surface area (Å²) < 4.78 is 6.30. The molecule has 0 radical (unpaired) electrons. The van der Waals surface area contributed by atoms with Crippen molar-refractivity contribution in [1.82, 2.24) is 20.4 Å². The molecule has 0 fully saturated rings. The summed E-state index contributed by atoms with van der Waals surface area (Å²) >= 11 is 0. The fraction of sp³-hybridized carbons (Fsp3) is 0.545. The van der Waals surface area contributed by atoms with Gasteiger partial charge in [-0.05, 0) is 0 Å². The van der Waals surface area contributed by atoms with Crippen LogP contribution in [0.1, 0.15) is 0 Å². The number of aromatic nitrogens is 2. The first-order valence-corrected chi connectivity index (χ1v) is 5.88. The Kier molecular flexibility index (Phi) is 6.55. The summed E-state index contributed by atoms with van der Waals surface area (Å²) in [5, 5.41) is 12.1. The van der Waals surface area contributed by atoms with Crippen molar-refractivity contribution in [1.29, 1.82) is 0 Å². The van der Waals surface area contributed by atoms with Gasteiger partial charge in [-0.3, -0.25) is 14.3 Å². The highest BCUT2D eigenvalue weighted by Crippen LogP contribution is 2.03. The number of anilines is 1. The molecule has 106 valence electrons. The molecule has 0 atom stereocenters. The summed E-state index contributed by atoms with van der Waals surface area (Å²) in [6.45, 7) is 1.49. The first kappa shape index (κ1) is 15.1. The quantitative estimate of drug-likeness (QED) is 0.515. The molecule has 8 nitrogen and oxygen atoms in total. The molecule has 1 aromatic heterocycles. The average molecular weight is 269 g/mol. The Morgan fingerprint density at radius 3 is 2.89 bits per heavy atom. The van der Waals surface area contributed by atoms with E-state index in [1.54, 1.807) is 20.4 Å². The van der Waals surface area contributed by atoms with Crippen molar-refractivity contribution in [2.45, 2.75) is 6.54 Å². The van der Waals surface area contributed by atoms with Crippen molar-refractivity contribution in [3.05, 3.63) is 12.4 Å². The lowest BCUT2D eigenvalue weighted by Gasteiger charge is -2.04. The molecule has 0 aliphatic rings. The number of nitrogens with one attached hydrogen (secondary N) is 3. The van der Waals surface area contributed by atoms with Crippen LogP contribution in [0, 0.1) is 0 Å². The van der Waals surface area contributed by atoms with Crippen LogP contribution in [-0.4, -0.2) is 55.4 Å². The van der Waals surface area contributed by atoms with Gasteiger partial charge in [0.2, 0.25) is 11.8 Å². The van der Waals surface area contributed by atoms with Crippen LogP contribution in [0.2, 0.25) is 0 Å². The third-order valence-electron chi connectivity index (χ3n) is 2.27. The second-order valence-corrected chi connectivity index (χ2v) is 3.82. The minimum atomic E-state index is -0.171. The summed E-state index contributed by atoms with van der Waals surface area (Å²) in [5.74, 6) is -0.321. The molecule has 0 aliphatic heterocycles. The third kappa shape index (κ3) is 5.98. The fourth-order valence-electron chi connectivity index (χ4n) is 1.32. The molecule has 0 unspecified atom stereocenters. The minimum Gasteiger partial charge on any atom is -0.383 e. The van der Waals surface area contributed by atoms with E-state index in [0.717, 1.165) is 0 Å². The van der Waals surface area contributed by atoms with Crippen molar-refractivity contribution in [3.63, 3.8) is 0 Å². The van der Waals surface area contributed by atoms with E-state index in [4.69, 9.17) is 4.74 Å². The van der Waals surface area contributed by atoms with Gasteiger partial charge >= 0.3 is 0 Å².